The lowest BCUT2D eigenvalue weighted by Gasteiger charge is -2.13. The molecule has 4 aromatic rings. The van der Waals surface area contributed by atoms with Gasteiger partial charge in [0.1, 0.15) is 5.76 Å². The van der Waals surface area contributed by atoms with Crippen LogP contribution in [-0.4, -0.2) is 40.7 Å². The average molecular weight is 433 g/mol. The predicted molar refractivity (Wildman–Crippen MR) is 120 cm³/mol. The van der Waals surface area contributed by atoms with Gasteiger partial charge in [0.25, 0.3) is 11.5 Å². The number of methoxy groups -OCH3 is 1. The molecule has 2 N–H and O–H groups in total. The van der Waals surface area contributed by atoms with Crippen LogP contribution in [0.5, 0.6) is 0 Å². The maximum atomic E-state index is 12.7. The molecule has 1 amide bonds. The third-order valence-electron chi connectivity index (χ3n) is 4.92. The summed E-state index contributed by atoms with van der Waals surface area (Å²) in [5.74, 6) is 0.851. The molecule has 32 heavy (non-hydrogen) atoms. The van der Waals surface area contributed by atoms with Crippen LogP contribution in [0.1, 0.15) is 21.8 Å². The molecule has 0 aliphatic heterocycles. The van der Waals surface area contributed by atoms with Crippen molar-refractivity contribution < 1.29 is 13.9 Å². The number of amides is 1. The van der Waals surface area contributed by atoms with E-state index in [-0.39, 0.29) is 11.5 Å². The maximum absolute atomic E-state index is 12.7. The van der Waals surface area contributed by atoms with Crippen molar-refractivity contribution >= 4 is 22.9 Å². The minimum absolute atomic E-state index is 0.228. The van der Waals surface area contributed by atoms with Gasteiger partial charge in [-0.15, -0.1) is 0 Å². The number of benzene rings is 1. The first kappa shape index (κ1) is 21.3. The molecule has 0 aliphatic carbocycles. The van der Waals surface area contributed by atoms with Crippen LogP contribution in [0.2, 0.25) is 0 Å². The number of carbonyl (C=O) groups is 1. The molecule has 0 aliphatic rings. The number of ether oxygens (including phenoxy) is 1. The Morgan fingerprint density at radius 2 is 1.94 bits per heavy atom. The van der Waals surface area contributed by atoms with E-state index in [1.807, 2.05) is 6.92 Å². The number of hydrogen-bond acceptors (Lipinski definition) is 7. The normalized spacial score (nSPS) is 10.9. The number of carbonyl (C=O) groups excluding carboxylic acids is 1. The van der Waals surface area contributed by atoms with E-state index < -0.39 is 0 Å². The van der Waals surface area contributed by atoms with E-state index in [0.29, 0.717) is 48.3 Å². The Morgan fingerprint density at radius 1 is 1.12 bits per heavy atom. The van der Waals surface area contributed by atoms with Gasteiger partial charge in [0.15, 0.2) is 5.65 Å². The SMILES string of the molecule is COCCNc1nc(C)c2ccc(=O)n(-c3ccc(C(=O)NCc4ccco4)cc3)c2n1. The third-order valence-corrected chi connectivity index (χ3v) is 4.92. The van der Waals surface area contributed by atoms with Gasteiger partial charge >= 0.3 is 0 Å². The van der Waals surface area contributed by atoms with Gasteiger partial charge in [-0.3, -0.25) is 14.2 Å². The van der Waals surface area contributed by atoms with Gasteiger partial charge in [-0.05, 0) is 49.4 Å². The van der Waals surface area contributed by atoms with Gasteiger partial charge in [0, 0.05) is 30.7 Å². The summed E-state index contributed by atoms with van der Waals surface area (Å²) >= 11 is 0. The molecule has 4 rings (SSSR count). The van der Waals surface area contributed by atoms with Gasteiger partial charge in [-0.2, -0.15) is 4.98 Å². The van der Waals surface area contributed by atoms with Gasteiger partial charge < -0.3 is 19.8 Å². The van der Waals surface area contributed by atoms with E-state index in [1.165, 1.54) is 10.6 Å². The summed E-state index contributed by atoms with van der Waals surface area (Å²) in [7, 11) is 1.62. The summed E-state index contributed by atoms with van der Waals surface area (Å²) in [5.41, 5.74) is 2.08. The molecule has 0 saturated carbocycles. The second-order valence-corrected chi connectivity index (χ2v) is 7.11. The summed E-state index contributed by atoms with van der Waals surface area (Å²) in [6, 6.07) is 13.5. The molecule has 9 nitrogen and oxygen atoms in total. The number of fused-ring (bicyclic) bond motifs is 1. The molecule has 0 bridgehead atoms. The van der Waals surface area contributed by atoms with Crippen molar-refractivity contribution in [1.82, 2.24) is 19.9 Å². The number of aryl methyl sites for hydroxylation is 1. The predicted octanol–water partition coefficient (Wildman–Crippen LogP) is 2.67. The van der Waals surface area contributed by atoms with Crippen molar-refractivity contribution in [2.75, 3.05) is 25.6 Å². The largest absolute Gasteiger partial charge is 0.467 e. The number of nitrogens with zero attached hydrogens (tertiary/aromatic N) is 3. The van der Waals surface area contributed by atoms with Crippen molar-refractivity contribution in [2.45, 2.75) is 13.5 Å². The van der Waals surface area contributed by atoms with Crippen molar-refractivity contribution in [3.63, 3.8) is 0 Å². The fourth-order valence-electron chi connectivity index (χ4n) is 3.30. The van der Waals surface area contributed by atoms with Crippen LogP contribution >= 0.6 is 0 Å². The Labute approximate surface area is 184 Å². The standard InChI is InChI=1S/C23H23N5O4/c1-15-19-9-10-20(29)28(21(19)27-23(26-15)24-11-13-31-2)17-7-5-16(6-8-17)22(30)25-14-18-4-3-12-32-18/h3-10,12H,11,13-14H2,1-2H3,(H,25,30)(H,24,26,27). The molecule has 0 radical (unpaired) electrons. The highest BCUT2D eigenvalue weighted by Crippen LogP contribution is 2.19. The van der Waals surface area contributed by atoms with Crippen molar-refractivity contribution in [1.29, 1.82) is 0 Å². The first-order valence-corrected chi connectivity index (χ1v) is 10.1. The molecule has 3 heterocycles. The fourth-order valence-corrected chi connectivity index (χ4v) is 3.30. The minimum Gasteiger partial charge on any atom is -0.467 e. The van der Waals surface area contributed by atoms with Crippen LogP contribution in [0.25, 0.3) is 16.7 Å². The molecule has 0 atom stereocenters. The fraction of sp³-hybridized carbons (Fsp3) is 0.217. The molecule has 0 fully saturated rings. The molecular weight excluding hydrogens is 410 g/mol. The minimum atomic E-state index is -0.235. The Kier molecular flexibility index (Phi) is 6.27. The maximum Gasteiger partial charge on any atom is 0.256 e. The summed E-state index contributed by atoms with van der Waals surface area (Å²) in [4.78, 5) is 34.2. The lowest BCUT2D eigenvalue weighted by molar-refractivity contribution is 0.0948. The molecular formula is C23H23N5O4. The van der Waals surface area contributed by atoms with Gasteiger partial charge in [-0.1, -0.05) is 0 Å². The molecule has 3 aromatic heterocycles. The van der Waals surface area contributed by atoms with Crippen molar-refractivity contribution in [3.8, 4) is 5.69 Å². The van der Waals surface area contributed by atoms with E-state index in [1.54, 1.807) is 55.8 Å². The Balaban J connectivity index is 1.64. The molecule has 0 unspecified atom stereocenters. The number of nitrogens with one attached hydrogen (secondary N) is 2. The van der Waals surface area contributed by atoms with Crippen molar-refractivity contribution in [3.05, 3.63) is 82.2 Å². The molecule has 0 saturated heterocycles. The number of furan rings is 1. The van der Waals surface area contributed by atoms with Gasteiger partial charge in [0.2, 0.25) is 5.95 Å². The summed E-state index contributed by atoms with van der Waals surface area (Å²) in [5, 5.41) is 6.67. The number of anilines is 1. The second kappa shape index (κ2) is 9.44. The van der Waals surface area contributed by atoms with E-state index >= 15 is 0 Å². The van der Waals surface area contributed by atoms with E-state index in [9.17, 15) is 9.59 Å². The van der Waals surface area contributed by atoms with Crippen LogP contribution in [0.4, 0.5) is 5.95 Å². The highest BCUT2D eigenvalue weighted by atomic mass is 16.5. The monoisotopic (exact) mass is 433 g/mol. The first-order chi connectivity index (χ1) is 15.6. The van der Waals surface area contributed by atoms with Gasteiger partial charge in [-0.25, -0.2) is 4.98 Å². The summed E-state index contributed by atoms with van der Waals surface area (Å²) in [6.07, 6.45) is 1.56. The van der Waals surface area contributed by atoms with E-state index in [4.69, 9.17) is 9.15 Å². The topological polar surface area (TPSA) is 111 Å². The average Bonchev–Trinajstić information content (AvgIpc) is 3.31. The Bertz CT molecular complexity index is 1280. The van der Waals surface area contributed by atoms with Crippen molar-refractivity contribution in [2.24, 2.45) is 0 Å². The molecule has 0 spiro atoms. The molecule has 1 aromatic carbocycles. The molecule has 9 heteroatoms. The zero-order chi connectivity index (χ0) is 22.5. The highest BCUT2D eigenvalue weighted by Gasteiger charge is 2.13. The third kappa shape index (κ3) is 4.52. The summed E-state index contributed by atoms with van der Waals surface area (Å²) in [6.45, 7) is 3.21. The van der Waals surface area contributed by atoms with Crippen LogP contribution in [0.15, 0.2) is 64.0 Å². The van der Waals surface area contributed by atoms with Crippen LogP contribution in [-0.2, 0) is 11.3 Å². The number of pyridine rings is 1. The first-order valence-electron chi connectivity index (χ1n) is 10.1. The lowest BCUT2D eigenvalue weighted by Crippen LogP contribution is -2.23. The number of hydrogen-bond donors (Lipinski definition) is 2. The van der Waals surface area contributed by atoms with E-state index in [0.717, 1.165) is 11.1 Å². The highest BCUT2D eigenvalue weighted by molar-refractivity contribution is 5.94. The second-order valence-electron chi connectivity index (χ2n) is 7.11. The summed E-state index contributed by atoms with van der Waals surface area (Å²) < 4.78 is 11.8. The van der Waals surface area contributed by atoms with Gasteiger partial charge in [0.05, 0.1) is 30.8 Å². The Morgan fingerprint density at radius 3 is 2.66 bits per heavy atom. The zero-order valence-electron chi connectivity index (χ0n) is 17.8. The number of aromatic nitrogens is 3. The lowest BCUT2D eigenvalue weighted by atomic mass is 10.1. The zero-order valence-corrected chi connectivity index (χ0v) is 17.8. The smallest absolute Gasteiger partial charge is 0.256 e. The molecule has 164 valence electrons. The van der Waals surface area contributed by atoms with Crippen LogP contribution in [0, 0.1) is 6.92 Å². The van der Waals surface area contributed by atoms with E-state index in [2.05, 4.69) is 20.6 Å². The van der Waals surface area contributed by atoms with Crippen LogP contribution in [0.3, 0.4) is 0 Å². The quantitative estimate of drug-likeness (QED) is 0.411. The van der Waals surface area contributed by atoms with Crippen LogP contribution < -0.4 is 16.2 Å². The number of rotatable bonds is 8. The Hall–Kier alpha value is -3.98.